The van der Waals surface area contributed by atoms with Crippen LogP contribution in [0, 0.1) is 5.92 Å². The minimum atomic E-state index is -5.08. The molecule has 0 bridgehead atoms. The number of alkyl halides is 3. The second kappa shape index (κ2) is 11.0. The summed E-state index contributed by atoms with van der Waals surface area (Å²) >= 11 is 0. The summed E-state index contributed by atoms with van der Waals surface area (Å²) in [5, 5.41) is 23.9. The number of ether oxygens (including phenoxy) is 3. The molecular weight excluding hydrogens is 485 g/mol. The predicted octanol–water partition coefficient (Wildman–Crippen LogP) is 1.96. The summed E-state index contributed by atoms with van der Waals surface area (Å²) in [6.45, 7) is 8.20. The van der Waals surface area contributed by atoms with Crippen LogP contribution in [0.5, 0.6) is 11.5 Å². The molecule has 1 unspecified atom stereocenters. The Hall–Kier alpha value is -2.97. The van der Waals surface area contributed by atoms with Gasteiger partial charge in [-0.05, 0) is 54.3 Å². The Balaban J connectivity index is 0.000000384. The largest absolute Gasteiger partial charge is 0.490 e. The Labute approximate surface area is 205 Å². The molecule has 14 heteroatoms. The van der Waals surface area contributed by atoms with E-state index in [0.29, 0.717) is 5.92 Å². The van der Waals surface area contributed by atoms with Crippen LogP contribution in [0.2, 0.25) is 0 Å². The van der Waals surface area contributed by atoms with Crippen molar-refractivity contribution in [3.05, 3.63) is 24.0 Å². The van der Waals surface area contributed by atoms with Crippen molar-refractivity contribution in [3.8, 4) is 17.2 Å². The van der Waals surface area contributed by atoms with Crippen molar-refractivity contribution >= 4 is 5.97 Å². The first-order valence-corrected chi connectivity index (χ1v) is 11.8. The first kappa shape index (κ1) is 26.1. The van der Waals surface area contributed by atoms with E-state index in [0.717, 1.165) is 81.7 Å². The number of aliphatic carboxylic acids is 1. The molecule has 2 N–H and O–H groups in total. The molecule has 1 aromatic carbocycles. The van der Waals surface area contributed by atoms with Gasteiger partial charge in [-0.15, -0.1) is 5.10 Å². The van der Waals surface area contributed by atoms with Gasteiger partial charge in [0.05, 0.1) is 17.8 Å². The van der Waals surface area contributed by atoms with Gasteiger partial charge in [0, 0.05) is 32.3 Å². The third-order valence-electron chi connectivity index (χ3n) is 6.65. The maximum absolute atomic E-state index is 10.6. The van der Waals surface area contributed by atoms with Crippen LogP contribution < -0.4 is 14.8 Å². The third kappa shape index (κ3) is 5.87. The number of tetrazole rings is 1. The second-order valence-corrected chi connectivity index (χ2v) is 8.88. The van der Waals surface area contributed by atoms with Crippen LogP contribution in [0.4, 0.5) is 13.2 Å². The third-order valence-corrected chi connectivity index (χ3v) is 6.65. The van der Waals surface area contributed by atoms with Gasteiger partial charge in [0.15, 0.2) is 17.3 Å². The molecule has 1 aromatic heterocycles. The SMILES string of the molecule is CCN1CCC(NCC2CCOC2)(c2nnnn2-c2ccc3c(c2)OCO3)CC1.O=C(O)C(F)(F)F. The normalized spacial score (nSPS) is 21.2. The molecule has 36 heavy (non-hydrogen) atoms. The van der Waals surface area contributed by atoms with Gasteiger partial charge in [0.2, 0.25) is 6.79 Å². The summed E-state index contributed by atoms with van der Waals surface area (Å²) in [7, 11) is 0. The van der Waals surface area contributed by atoms with E-state index in [1.165, 1.54) is 0 Å². The molecule has 3 aliphatic heterocycles. The van der Waals surface area contributed by atoms with E-state index in [-0.39, 0.29) is 12.3 Å². The quantitative estimate of drug-likeness (QED) is 0.591. The first-order chi connectivity index (χ1) is 17.2. The molecule has 198 valence electrons. The van der Waals surface area contributed by atoms with Gasteiger partial charge in [-0.1, -0.05) is 6.92 Å². The molecule has 0 radical (unpaired) electrons. The van der Waals surface area contributed by atoms with E-state index in [2.05, 4.69) is 32.7 Å². The van der Waals surface area contributed by atoms with Crippen LogP contribution in [-0.4, -0.2) is 88.5 Å². The van der Waals surface area contributed by atoms with Gasteiger partial charge in [0.25, 0.3) is 0 Å². The Bertz CT molecular complexity index is 1040. The van der Waals surface area contributed by atoms with Crippen molar-refractivity contribution in [2.24, 2.45) is 5.92 Å². The minimum Gasteiger partial charge on any atom is -0.475 e. The van der Waals surface area contributed by atoms with Crippen molar-refractivity contribution in [1.29, 1.82) is 0 Å². The first-order valence-electron chi connectivity index (χ1n) is 11.8. The lowest BCUT2D eigenvalue weighted by Crippen LogP contribution is -2.53. The fourth-order valence-electron chi connectivity index (χ4n) is 4.49. The number of benzene rings is 1. The summed E-state index contributed by atoms with van der Waals surface area (Å²) in [6.07, 6.45) is -2.03. The van der Waals surface area contributed by atoms with Crippen molar-refractivity contribution in [2.75, 3.05) is 46.2 Å². The minimum absolute atomic E-state index is 0.253. The Kier molecular flexibility index (Phi) is 7.95. The number of likely N-dealkylation sites (tertiary alicyclic amines) is 1. The Morgan fingerprint density at radius 3 is 2.61 bits per heavy atom. The van der Waals surface area contributed by atoms with Gasteiger partial charge < -0.3 is 29.5 Å². The predicted molar refractivity (Wildman–Crippen MR) is 119 cm³/mol. The standard InChI is InChI=1S/C20H28N6O3.C2HF3O2/c1-2-25-8-6-20(7-9-25,21-12-15-5-10-27-13-15)19-22-23-24-26(19)16-3-4-17-18(11-16)29-14-28-17;3-2(4,5)1(6)7/h3-4,11,15,21H,2,5-10,12-14H2,1H3;(H,6,7). The lowest BCUT2D eigenvalue weighted by Gasteiger charge is -2.41. The molecule has 0 amide bonds. The number of aromatic nitrogens is 4. The molecule has 5 rings (SSSR count). The summed E-state index contributed by atoms with van der Waals surface area (Å²) < 4.78 is 50.2. The average Bonchev–Trinajstić information content (AvgIpc) is 3.64. The molecule has 0 aliphatic carbocycles. The molecule has 2 fully saturated rings. The van der Waals surface area contributed by atoms with Gasteiger partial charge >= 0.3 is 12.1 Å². The molecule has 0 saturated carbocycles. The smallest absolute Gasteiger partial charge is 0.475 e. The van der Waals surface area contributed by atoms with Crippen LogP contribution in [0.15, 0.2) is 18.2 Å². The molecule has 11 nitrogen and oxygen atoms in total. The molecular formula is C22H29F3N6O5. The summed E-state index contributed by atoms with van der Waals surface area (Å²) in [6, 6.07) is 5.84. The number of piperidine rings is 1. The monoisotopic (exact) mass is 514 g/mol. The van der Waals surface area contributed by atoms with E-state index in [1.807, 2.05) is 22.9 Å². The number of fused-ring (bicyclic) bond motifs is 1. The van der Waals surface area contributed by atoms with Gasteiger partial charge in [-0.3, -0.25) is 0 Å². The van der Waals surface area contributed by atoms with Crippen LogP contribution in [0.1, 0.15) is 32.0 Å². The lowest BCUT2D eigenvalue weighted by molar-refractivity contribution is -0.192. The van der Waals surface area contributed by atoms with Crippen LogP contribution in [-0.2, 0) is 15.1 Å². The van der Waals surface area contributed by atoms with Crippen molar-refractivity contribution in [3.63, 3.8) is 0 Å². The zero-order valence-corrected chi connectivity index (χ0v) is 19.8. The number of rotatable bonds is 6. The average molecular weight is 515 g/mol. The van der Waals surface area contributed by atoms with Crippen molar-refractivity contribution in [1.82, 2.24) is 30.4 Å². The van der Waals surface area contributed by atoms with E-state index in [4.69, 9.17) is 24.1 Å². The summed E-state index contributed by atoms with van der Waals surface area (Å²) in [5.41, 5.74) is 0.631. The van der Waals surface area contributed by atoms with E-state index >= 15 is 0 Å². The highest BCUT2D eigenvalue weighted by atomic mass is 19.4. The summed E-state index contributed by atoms with van der Waals surface area (Å²) in [5.74, 6) is 0.146. The Morgan fingerprint density at radius 2 is 1.97 bits per heavy atom. The molecule has 4 heterocycles. The van der Waals surface area contributed by atoms with Gasteiger partial charge in [-0.2, -0.15) is 17.9 Å². The number of carbonyl (C=O) groups is 1. The molecule has 2 saturated heterocycles. The van der Waals surface area contributed by atoms with Crippen LogP contribution in [0.25, 0.3) is 5.69 Å². The molecule has 1 atom stereocenters. The number of carboxylic acids is 1. The zero-order valence-electron chi connectivity index (χ0n) is 19.8. The number of carboxylic acid groups (broad SMARTS) is 1. The van der Waals surface area contributed by atoms with Crippen molar-refractivity contribution < 1.29 is 37.3 Å². The topological polar surface area (TPSA) is 124 Å². The van der Waals surface area contributed by atoms with E-state index in [1.54, 1.807) is 0 Å². The molecule has 3 aliphatic rings. The highest BCUT2D eigenvalue weighted by Gasteiger charge is 2.41. The van der Waals surface area contributed by atoms with Crippen molar-refractivity contribution in [2.45, 2.75) is 37.9 Å². The van der Waals surface area contributed by atoms with Crippen LogP contribution >= 0.6 is 0 Å². The fourth-order valence-corrected chi connectivity index (χ4v) is 4.49. The number of hydrogen-bond donors (Lipinski definition) is 2. The molecule has 2 aromatic rings. The van der Waals surface area contributed by atoms with Gasteiger partial charge in [0.1, 0.15) is 0 Å². The highest BCUT2D eigenvalue weighted by Crippen LogP contribution is 2.36. The van der Waals surface area contributed by atoms with Gasteiger partial charge in [-0.25, -0.2) is 4.79 Å². The second-order valence-electron chi connectivity index (χ2n) is 8.88. The number of hydrogen-bond acceptors (Lipinski definition) is 9. The lowest BCUT2D eigenvalue weighted by atomic mass is 9.85. The number of nitrogens with one attached hydrogen (secondary N) is 1. The van der Waals surface area contributed by atoms with Crippen LogP contribution in [0.3, 0.4) is 0 Å². The maximum atomic E-state index is 10.6. The number of nitrogens with zero attached hydrogens (tertiary/aromatic N) is 5. The van der Waals surface area contributed by atoms with E-state index in [9.17, 15) is 13.2 Å². The Morgan fingerprint density at radius 1 is 1.25 bits per heavy atom. The maximum Gasteiger partial charge on any atom is 0.490 e. The molecule has 0 spiro atoms. The zero-order chi connectivity index (χ0) is 25.8. The fraction of sp³-hybridized carbons (Fsp3) is 0.636. The number of halogens is 3. The highest BCUT2D eigenvalue weighted by molar-refractivity contribution is 5.73. The van der Waals surface area contributed by atoms with E-state index < -0.39 is 12.1 Å². The summed E-state index contributed by atoms with van der Waals surface area (Å²) in [4.78, 5) is 11.4.